The molecule has 4 rings (SSSR count). The minimum absolute atomic E-state index is 0.0585. The number of aromatic nitrogens is 2. The highest BCUT2D eigenvalue weighted by molar-refractivity contribution is 6.02. The van der Waals surface area contributed by atoms with Crippen LogP contribution in [0, 0.1) is 0 Å². The molecule has 0 atom stereocenters. The lowest BCUT2D eigenvalue weighted by Gasteiger charge is -2.12. The molecule has 0 saturated carbocycles. The van der Waals surface area contributed by atoms with Crippen LogP contribution >= 0.6 is 0 Å². The number of nitrogens with one attached hydrogen (secondary N) is 2. The number of benzene rings is 2. The van der Waals surface area contributed by atoms with Crippen LogP contribution in [0.1, 0.15) is 5.69 Å². The quantitative estimate of drug-likeness (QED) is 0.443. The van der Waals surface area contributed by atoms with Gasteiger partial charge in [-0.05, 0) is 36.4 Å². The highest BCUT2D eigenvalue weighted by atomic mass is 19.3. The van der Waals surface area contributed by atoms with Gasteiger partial charge in [-0.1, -0.05) is 18.2 Å². The molecule has 31 heavy (non-hydrogen) atoms. The molecule has 4 aromatic rings. The number of carbonyl (C=O) groups is 1. The van der Waals surface area contributed by atoms with E-state index in [-0.39, 0.29) is 11.3 Å². The fraction of sp³-hybridized carbons (Fsp3) is 0.136. The van der Waals surface area contributed by atoms with Gasteiger partial charge in [0.25, 0.3) is 0 Å². The number of alkyl halides is 2. The number of rotatable bonds is 7. The fourth-order valence-electron chi connectivity index (χ4n) is 3.05. The van der Waals surface area contributed by atoms with Crippen LogP contribution in [0.25, 0.3) is 22.4 Å². The van der Waals surface area contributed by atoms with E-state index < -0.39 is 12.6 Å². The molecule has 0 fully saturated rings. The first-order chi connectivity index (χ1) is 15.1. The largest absolute Gasteiger partial charge is 0.444 e. The first-order valence-corrected chi connectivity index (χ1v) is 9.47. The molecule has 2 amide bonds. The van der Waals surface area contributed by atoms with Gasteiger partial charge in [-0.3, -0.25) is 4.98 Å². The van der Waals surface area contributed by atoms with Gasteiger partial charge < -0.3 is 19.8 Å². The van der Waals surface area contributed by atoms with Gasteiger partial charge in [0.2, 0.25) is 5.89 Å². The first-order valence-electron chi connectivity index (χ1n) is 9.47. The standard InChI is InChI=1S/C22H18F2N4O3/c23-21(24)31-18-9-8-17(16-7-4-11-25-19(16)18)28-22(29)26-12-10-15-13-30-20(27-15)14-5-2-1-3-6-14/h1-9,11,13,21H,10,12H2,(H2,26,28,29). The van der Waals surface area contributed by atoms with E-state index in [1.807, 2.05) is 30.3 Å². The molecule has 0 bridgehead atoms. The van der Waals surface area contributed by atoms with Crippen molar-refractivity contribution in [1.29, 1.82) is 0 Å². The van der Waals surface area contributed by atoms with Crippen LogP contribution in [0.5, 0.6) is 5.75 Å². The Labute approximate surface area is 176 Å². The minimum atomic E-state index is -2.97. The van der Waals surface area contributed by atoms with Crippen molar-refractivity contribution in [3.8, 4) is 17.2 Å². The van der Waals surface area contributed by atoms with E-state index in [1.165, 1.54) is 18.3 Å². The van der Waals surface area contributed by atoms with Gasteiger partial charge in [-0.2, -0.15) is 8.78 Å². The van der Waals surface area contributed by atoms with Crippen LogP contribution in [0.4, 0.5) is 19.3 Å². The van der Waals surface area contributed by atoms with Gasteiger partial charge in [0, 0.05) is 30.1 Å². The molecule has 0 unspecified atom stereocenters. The Morgan fingerprint density at radius 3 is 2.74 bits per heavy atom. The van der Waals surface area contributed by atoms with Crippen molar-refractivity contribution in [2.45, 2.75) is 13.0 Å². The third kappa shape index (κ3) is 4.95. The van der Waals surface area contributed by atoms with Crippen LogP contribution in [0.3, 0.4) is 0 Å². The van der Waals surface area contributed by atoms with Crippen molar-refractivity contribution in [3.05, 3.63) is 72.8 Å². The van der Waals surface area contributed by atoms with Crippen LogP contribution in [0.15, 0.2) is 71.5 Å². The minimum Gasteiger partial charge on any atom is -0.444 e. The summed E-state index contributed by atoms with van der Waals surface area (Å²) in [6.07, 6.45) is 3.50. The van der Waals surface area contributed by atoms with Crippen molar-refractivity contribution in [3.63, 3.8) is 0 Å². The van der Waals surface area contributed by atoms with Crippen molar-refractivity contribution >= 4 is 22.6 Å². The summed E-state index contributed by atoms with van der Waals surface area (Å²) in [7, 11) is 0. The maximum atomic E-state index is 12.6. The molecule has 2 N–H and O–H groups in total. The summed E-state index contributed by atoms with van der Waals surface area (Å²) in [6.45, 7) is -2.64. The number of hydrogen-bond donors (Lipinski definition) is 2. The molecular weight excluding hydrogens is 406 g/mol. The second-order valence-corrected chi connectivity index (χ2v) is 6.53. The summed E-state index contributed by atoms with van der Waals surface area (Å²) in [6, 6.07) is 15.2. The summed E-state index contributed by atoms with van der Waals surface area (Å²) >= 11 is 0. The Balaban J connectivity index is 1.36. The molecular formula is C22H18F2N4O3. The van der Waals surface area contributed by atoms with Gasteiger partial charge in [0.1, 0.15) is 11.8 Å². The molecule has 0 aliphatic heterocycles. The summed E-state index contributed by atoms with van der Waals surface area (Å²) in [5.74, 6) is 0.460. The zero-order chi connectivity index (χ0) is 21.6. The number of carbonyl (C=O) groups excluding carboxylic acids is 1. The third-order valence-corrected chi connectivity index (χ3v) is 4.44. The van der Waals surface area contributed by atoms with Gasteiger partial charge in [0.15, 0.2) is 5.75 Å². The van der Waals surface area contributed by atoms with Crippen LogP contribution in [0.2, 0.25) is 0 Å². The molecule has 9 heteroatoms. The van der Waals surface area contributed by atoms with E-state index in [9.17, 15) is 13.6 Å². The molecule has 7 nitrogen and oxygen atoms in total. The van der Waals surface area contributed by atoms with Crippen molar-refractivity contribution in [2.24, 2.45) is 0 Å². The maximum absolute atomic E-state index is 12.6. The SMILES string of the molecule is O=C(NCCc1coc(-c2ccccc2)n1)Nc1ccc(OC(F)F)c2ncccc12. The monoisotopic (exact) mass is 424 g/mol. The molecule has 0 radical (unpaired) electrons. The molecule has 158 valence electrons. The fourth-order valence-corrected chi connectivity index (χ4v) is 3.05. The maximum Gasteiger partial charge on any atom is 0.387 e. The third-order valence-electron chi connectivity index (χ3n) is 4.44. The number of urea groups is 1. The van der Waals surface area contributed by atoms with E-state index in [0.717, 1.165) is 5.56 Å². The normalized spacial score (nSPS) is 10.9. The second-order valence-electron chi connectivity index (χ2n) is 6.53. The molecule has 0 aliphatic carbocycles. The number of nitrogens with zero attached hydrogens (tertiary/aromatic N) is 2. The topological polar surface area (TPSA) is 89.3 Å². The van der Waals surface area contributed by atoms with Crippen molar-refractivity contribution in [2.75, 3.05) is 11.9 Å². The van der Waals surface area contributed by atoms with Gasteiger partial charge in [-0.15, -0.1) is 0 Å². The van der Waals surface area contributed by atoms with Crippen molar-refractivity contribution < 1.29 is 22.7 Å². The smallest absolute Gasteiger partial charge is 0.387 e. The zero-order valence-corrected chi connectivity index (χ0v) is 16.2. The number of amides is 2. The van der Waals surface area contributed by atoms with Gasteiger partial charge in [0.05, 0.1) is 11.4 Å². The Morgan fingerprint density at radius 1 is 1.10 bits per heavy atom. The lowest BCUT2D eigenvalue weighted by atomic mass is 10.1. The Bertz CT molecular complexity index is 1180. The molecule has 0 aliphatic rings. The summed E-state index contributed by atoms with van der Waals surface area (Å²) in [5.41, 5.74) is 2.24. The molecule has 2 aromatic carbocycles. The molecule has 2 heterocycles. The van der Waals surface area contributed by atoms with E-state index >= 15 is 0 Å². The van der Waals surface area contributed by atoms with Crippen molar-refractivity contribution in [1.82, 2.24) is 15.3 Å². The number of halogens is 2. The van der Waals surface area contributed by atoms with Crippen LogP contribution in [-0.4, -0.2) is 29.2 Å². The summed E-state index contributed by atoms with van der Waals surface area (Å²) < 4.78 is 35.2. The highest BCUT2D eigenvalue weighted by Gasteiger charge is 2.13. The number of pyridine rings is 1. The van der Waals surface area contributed by atoms with E-state index in [4.69, 9.17) is 4.42 Å². The predicted octanol–water partition coefficient (Wildman–Crippen LogP) is 4.86. The first kappa shape index (κ1) is 20.3. The predicted molar refractivity (Wildman–Crippen MR) is 111 cm³/mol. The van der Waals surface area contributed by atoms with E-state index in [0.29, 0.717) is 35.6 Å². The Kier molecular flexibility index (Phi) is 6.02. The number of oxazole rings is 1. The average molecular weight is 424 g/mol. The summed E-state index contributed by atoms with van der Waals surface area (Å²) in [4.78, 5) is 20.8. The average Bonchev–Trinajstić information content (AvgIpc) is 3.25. The second kappa shape index (κ2) is 9.21. The zero-order valence-electron chi connectivity index (χ0n) is 16.2. The van der Waals surface area contributed by atoms with Crippen LogP contribution in [-0.2, 0) is 6.42 Å². The van der Waals surface area contributed by atoms with Gasteiger partial charge >= 0.3 is 12.6 Å². The molecule has 0 spiro atoms. The van der Waals surface area contributed by atoms with E-state index in [1.54, 1.807) is 18.4 Å². The van der Waals surface area contributed by atoms with E-state index in [2.05, 4.69) is 25.3 Å². The molecule has 2 aromatic heterocycles. The lowest BCUT2D eigenvalue weighted by Crippen LogP contribution is -2.30. The Hall–Kier alpha value is -4.01. The molecule has 0 saturated heterocycles. The number of hydrogen-bond acceptors (Lipinski definition) is 5. The van der Waals surface area contributed by atoms with Crippen LogP contribution < -0.4 is 15.4 Å². The Morgan fingerprint density at radius 2 is 1.94 bits per heavy atom. The highest BCUT2D eigenvalue weighted by Crippen LogP contribution is 2.30. The lowest BCUT2D eigenvalue weighted by molar-refractivity contribution is -0.0489. The number of ether oxygens (including phenoxy) is 1. The van der Waals surface area contributed by atoms with Gasteiger partial charge in [-0.25, -0.2) is 9.78 Å². The number of fused-ring (bicyclic) bond motifs is 1. The number of anilines is 1. The summed E-state index contributed by atoms with van der Waals surface area (Å²) in [5, 5.41) is 5.93.